The summed E-state index contributed by atoms with van der Waals surface area (Å²) in [6.45, 7) is 3.62. The minimum Gasteiger partial charge on any atom is -0.392 e. The highest BCUT2D eigenvalue weighted by Gasteiger charge is 2.40. The Bertz CT molecular complexity index is 917. The van der Waals surface area contributed by atoms with Gasteiger partial charge in [0.05, 0.1) is 12.1 Å². The third kappa shape index (κ3) is 3.98. The van der Waals surface area contributed by atoms with E-state index in [0.717, 1.165) is 29.8 Å². The van der Waals surface area contributed by atoms with Crippen LogP contribution in [0.3, 0.4) is 0 Å². The van der Waals surface area contributed by atoms with Crippen LogP contribution in [0.1, 0.15) is 30.5 Å². The molecule has 6 heteroatoms. The number of rotatable bonds is 5. The highest BCUT2D eigenvalue weighted by molar-refractivity contribution is 6.02. The molecule has 2 amide bonds. The van der Waals surface area contributed by atoms with Crippen molar-refractivity contribution in [3.05, 3.63) is 65.7 Å². The summed E-state index contributed by atoms with van der Waals surface area (Å²) in [6, 6.07) is 17.0. The van der Waals surface area contributed by atoms with Gasteiger partial charge in [0, 0.05) is 45.7 Å². The van der Waals surface area contributed by atoms with Crippen LogP contribution in [0.15, 0.2) is 54.6 Å². The molecule has 0 aliphatic carbocycles. The number of amides is 2. The van der Waals surface area contributed by atoms with Crippen molar-refractivity contribution in [3.8, 4) is 0 Å². The van der Waals surface area contributed by atoms with Crippen LogP contribution >= 0.6 is 0 Å². The highest BCUT2D eigenvalue weighted by Crippen LogP contribution is 2.34. The fraction of sp³-hybridized carbons (Fsp3) is 0.417. The van der Waals surface area contributed by atoms with Gasteiger partial charge in [-0.25, -0.2) is 0 Å². The van der Waals surface area contributed by atoms with Crippen LogP contribution in [0.5, 0.6) is 0 Å². The first-order chi connectivity index (χ1) is 14.5. The van der Waals surface area contributed by atoms with Crippen LogP contribution in [-0.4, -0.2) is 65.5 Å². The van der Waals surface area contributed by atoms with Gasteiger partial charge in [-0.15, -0.1) is 0 Å². The molecule has 6 nitrogen and oxygen atoms in total. The number of hydrogen-bond acceptors (Lipinski definition) is 4. The van der Waals surface area contributed by atoms with Crippen LogP contribution in [0.2, 0.25) is 0 Å². The van der Waals surface area contributed by atoms with Gasteiger partial charge in [0.1, 0.15) is 6.04 Å². The monoisotopic (exact) mass is 407 g/mol. The van der Waals surface area contributed by atoms with E-state index in [0.29, 0.717) is 19.5 Å². The zero-order valence-corrected chi connectivity index (χ0v) is 17.6. The molecule has 158 valence electrons. The summed E-state index contributed by atoms with van der Waals surface area (Å²) in [5.74, 6) is -0.180. The average Bonchev–Trinajstić information content (AvgIpc) is 3.34. The molecule has 0 saturated carbocycles. The first kappa shape index (κ1) is 20.6. The molecule has 30 heavy (non-hydrogen) atoms. The molecule has 1 unspecified atom stereocenters. The summed E-state index contributed by atoms with van der Waals surface area (Å²) in [6.07, 6.45) is 0.984. The van der Waals surface area contributed by atoms with Crippen molar-refractivity contribution in [1.82, 2.24) is 9.80 Å². The van der Waals surface area contributed by atoms with Gasteiger partial charge in [-0.1, -0.05) is 48.5 Å². The van der Waals surface area contributed by atoms with E-state index in [1.165, 1.54) is 6.92 Å². The Morgan fingerprint density at radius 3 is 2.50 bits per heavy atom. The van der Waals surface area contributed by atoms with Crippen molar-refractivity contribution in [1.29, 1.82) is 0 Å². The maximum absolute atomic E-state index is 13.6. The average molecular weight is 408 g/mol. The van der Waals surface area contributed by atoms with E-state index >= 15 is 0 Å². The molecular weight excluding hydrogens is 378 g/mol. The number of nitrogens with zero attached hydrogens (tertiary/aromatic N) is 3. The summed E-state index contributed by atoms with van der Waals surface area (Å²) in [5, 5.41) is 9.93. The van der Waals surface area contributed by atoms with E-state index in [1.807, 2.05) is 61.6 Å². The smallest absolute Gasteiger partial charge is 0.246 e. The van der Waals surface area contributed by atoms with Gasteiger partial charge in [0.2, 0.25) is 11.8 Å². The van der Waals surface area contributed by atoms with E-state index in [-0.39, 0.29) is 24.0 Å². The quantitative estimate of drug-likeness (QED) is 0.826. The maximum atomic E-state index is 13.6. The number of likely N-dealkylation sites (N-methyl/N-ethyl adjacent to an activating group) is 1. The van der Waals surface area contributed by atoms with E-state index in [1.54, 1.807) is 9.80 Å². The molecule has 2 aliphatic rings. The van der Waals surface area contributed by atoms with Crippen molar-refractivity contribution in [2.75, 3.05) is 31.6 Å². The van der Waals surface area contributed by atoms with Crippen LogP contribution in [-0.2, 0) is 16.0 Å². The number of β-amino-alcohol motifs (C(OH)–C–C–N with tert-alkyl or cyclic N) is 1. The van der Waals surface area contributed by atoms with Crippen molar-refractivity contribution in [2.45, 2.75) is 38.0 Å². The molecule has 0 aromatic heterocycles. The number of para-hydroxylation sites is 1. The van der Waals surface area contributed by atoms with Crippen LogP contribution in [0, 0.1) is 0 Å². The summed E-state index contributed by atoms with van der Waals surface area (Å²) >= 11 is 0. The van der Waals surface area contributed by atoms with E-state index < -0.39 is 6.04 Å². The Morgan fingerprint density at radius 1 is 1.13 bits per heavy atom. The van der Waals surface area contributed by atoms with Crippen LogP contribution in [0.4, 0.5) is 5.69 Å². The van der Waals surface area contributed by atoms with E-state index in [2.05, 4.69) is 4.90 Å². The molecule has 0 spiro atoms. The van der Waals surface area contributed by atoms with Gasteiger partial charge in [-0.2, -0.15) is 0 Å². The molecule has 2 aromatic carbocycles. The number of benzene rings is 2. The molecule has 0 bridgehead atoms. The molecule has 1 saturated heterocycles. The minimum absolute atomic E-state index is 0.0602. The first-order valence-electron chi connectivity index (χ1n) is 10.6. The zero-order chi connectivity index (χ0) is 21.3. The lowest BCUT2D eigenvalue weighted by molar-refractivity contribution is -0.135. The number of carbonyl (C=O) groups is 2. The normalized spacial score (nSPS) is 22.0. The number of likely N-dealkylation sites (tertiary alicyclic amines) is 1. The zero-order valence-electron chi connectivity index (χ0n) is 17.6. The van der Waals surface area contributed by atoms with Gasteiger partial charge in [0.25, 0.3) is 0 Å². The summed E-state index contributed by atoms with van der Waals surface area (Å²) < 4.78 is 0. The SMILES string of the molecule is CC(=O)N1c2ccccc2C[C@H]1C(=O)N(C)C(CN1CC[C@H](O)C1)c1ccccc1. The van der Waals surface area contributed by atoms with Crippen LogP contribution < -0.4 is 4.90 Å². The summed E-state index contributed by atoms with van der Waals surface area (Å²) in [4.78, 5) is 31.7. The van der Waals surface area contributed by atoms with Crippen molar-refractivity contribution >= 4 is 17.5 Å². The molecule has 3 atom stereocenters. The number of aliphatic hydroxyl groups is 1. The van der Waals surface area contributed by atoms with Gasteiger partial charge < -0.3 is 10.0 Å². The van der Waals surface area contributed by atoms with Gasteiger partial charge >= 0.3 is 0 Å². The lowest BCUT2D eigenvalue weighted by Gasteiger charge is -2.35. The number of carbonyl (C=O) groups excluding carboxylic acids is 2. The molecule has 1 fully saturated rings. The number of hydrogen-bond donors (Lipinski definition) is 1. The Balaban J connectivity index is 1.60. The second-order valence-electron chi connectivity index (χ2n) is 8.32. The van der Waals surface area contributed by atoms with E-state index in [4.69, 9.17) is 0 Å². The van der Waals surface area contributed by atoms with Crippen molar-refractivity contribution in [2.24, 2.45) is 0 Å². The van der Waals surface area contributed by atoms with Gasteiger partial charge in [0.15, 0.2) is 0 Å². The lowest BCUT2D eigenvalue weighted by Crippen LogP contribution is -2.50. The number of anilines is 1. The predicted molar refractivity (Wildman–Crippen MR) is 116 cm³/mol. The summed E-state index contributed by atoms with van der Waals surface area (Å²) in [5.41, 5.74) is 2.91. The first-order valence-corrected chi connectivity index (χ1v) is 10.6. The third-order valence-corrected chi connectivity index (χ3v) is 6.28. The maximum Gasteiger partial charge on any atom is 0.246 e. The fourth-order valence-electron chi connectivity index (χ4n) is 4.71. The molecule has 4 rings (SSSR count). The van der Waals surface area contributed by atoms with E-state index in [9.17, 15) is 14.7 Å². The summed E-state index contributed by atoms with van der Waals surface area (Å²) in [7, 11) is 1.83. The Kier molecular flexibility index (Phi) is 5.88. The predicted octanol–water partition coefficient (Wildman–Crippen LogP) is 2.23. The topological polar surface area (TPSA) is 64.1 Å². The Morgan fingerprint density at radius 2 is 1.83 bits per heavy atom. The van der Waals surface area contributed by atoms with Crippen molar-refractivity contribution < 1.29 is 14.7 Å². The lowest BCUT2D eigenvalue weighted by atomic mass is 10.0. The largest absolute Gasteiger partial charge is 0.392 e. The Labute approximate surface area is 177 Å². The third-order valence-electron chi connectivity index (χ3n) is 6.28. The number of fused-ring (bicyclic) bond motifs is 1. The fourth-order valence-corrected chi connectivity index (χ4v) is 4.71. The second kappa shape index (κ2) is 8.58. The molecule has 2 aromatic rings. The second-order valence-corrected chi connectivity index (χ2v) is 8.32. The molecule has 1 N–H and O–H groups in total. The molecule has 2 aliphatic heterocycles. The van der Waals surface area contributed by atoms with Crippen LogP contribution in [0.25, 0.3) is 0 Å². The molecule has 2 heterocycles. The minimum atomic E-state index is -0.528. The van der Waals surface area contributed by atoms with Gasteiger partial charge in [-0.05, 0) is 23.6 Å². The molecule has 0 radical (unpaired) electrons. The highest BCUT2D eigenvalue weighted by atomic mass is 16.3. The Hall–Kier alpha value is -2.70. The van der Waals surface area contributed by atoms with Crippen molar-refractivity contribution in [3.63, 3.8) is 0 Å². The molecular formula is C24H29N3O3. The standard InChI is InChI=1S/C24H29N3O3/c1-17(28)27-21-11-7-6-10-19(21)14-22(27)24(30)25(2)23(18-8-4-3-5-9-18)16-26-13-12-20(29)15-26/h3-11,20,22-23,29H,12-16H2,1-2H3/t20-,22-,23?/m0/s1. The number of aliphatic hydroxyl groups excluding tert-OH is 1. The van der Waals surface area contributed by atoms with Gasteiger partial charge in [-0.3, -0.25) is 19.4 Å².